The van der Waals surface area contributed by atoms with Gasteiger partial charge in [-0.25, -0.2) is 0 Å². The second-order valence-corrected chi connectivity index (χ2v) is 5.71. The summed E-state index contributed by atoms with van der Waals surface area (Å²) in [6, 6.07) is 13.6. The molecule has 1 aromatic carbocycles. The third-order valence-electron chi connectivity index (χ3n) is 3.40. The molecule has 22 heavy (non-hydrogen) atoms. The van der Waals surface area contributed by atoms with E-state index in [9.17, 15) is 4.79 Å². The Hall–Kier alpha value is -2.40. The van der Waals surface area contributed by atoms with Crippen LogP contribution in [0.5, 0.6) is 0 Å². The smallest absolute Gasteiger partial charge is 0.276 e. The van der Waals surface area contributed by atoms with E-state index in [1.165, 1.54) is 0 Å². The van der Waals surface area contributed by atoms with E-state index in [4.69, 9.17) is 16.6 Å². The van der Waals surface area contributed by atoms with Crippen molar-refractivity contribution in [1.82, 2.24) is 10.2 Å². The Morgan fingerprint density at radius 1 is 1.18 bits per heavy atom. The van der Waals surface area contributed by atoms with Crippen LogP contribution >= 0.6 is 12.2 Å². The van der Waals surface area contributed by atoms with E-state index in [0.29, 0.717) is 16.6 Å². The van der Waals surface area contributed by atoms with Gasteiger partial charge in [0.15, 0.2) is 5.11 Å². The van der Waals surface area contributed by atoms with Crippen LogP contribution in [0, 0.1) is 0 Å². The van der Waals surface area contributed by atoms with Crippen LogP contribution in [0.4, 0.5) is 0 Å². The zero-order valence-corrected chi connectivity index (χ0v) is 13.2. The average Bonchev–Trinajstić information content (AvgIpc) is 3.06. The molecule has 0 saturated carbocycles. The molecule has 0 aliphatic carbocycles. The average molecular weight is 312 g/mol. The minimum absolute atomic E-state index is 0.0230. The van der Waals surface area contributed by atoms with Crippen LogP contribution in [0.1, 0.15) is 19.6 Å². The molecule has 1 aliphatic heterocycles. The number of carbonyl (C=O) groups excluding carboxylic acids is 1. The number of hydrogen-bond donors (Lipinski definition) is 1. The predicted octanol–water partition coefficient (Wildman–Crippen LogP) is 3.41. The van der Waals surface area contributed by atoms with Gasteiger partial charge >= 0.3 is 0 Å². The number of carbonyl (C=O) groups is 1. The molecule has 0 radical (unpaired) electrons. The maximum Gasteiger partial charge on any atom is 0.276 e. The number of hydrogen-bond acceptors (Lipinski definition) is 3. The fraction of sp³-hybridized carbons (Fsp3) is 0.176. The minimum Gasteiger partial charge on any atom is -0.457 e. The molecule has 1 N–H and O–H groups in total. The van der Waals surface area contributed by atoms with Gasteiger partial charge in [0.1, 0.15) is 17.2 Å². The number of rotatable bonds is 3. The van der Waals surface area contributed by atoms with E-state index < -0.39 is 0 Å². The number of thiocarbonyl (C=S) groups is 1. The van der Waals surface area contributed by atoms with Gasteiger partial charge in [-0.3, -0.25) is 9.69 Å². The second-order valence-electron chi connectivity index (χ2n) is 5.33. The first-order chi connectivity index (χ1) is 10.6. The van der Waals surface area contributed by atoms with Gasteiger partial charge in [0.25, 0.3) is 5.91 Å². The number of amides is 1. The normalized spacial score (nSPS) is 16.7. The molecule has 1 fully saturated rings. The van der Waals surface area contributed by atoms with Crippen LogP contribution in [-0.2, 0) is 4.79 Å². The third kappa shape index (κ3) is 2.67. The lowest BCUT2D eigenvalue weighted by molar-refractivity contribution is -0.123. The molecule has 3 rings (SSSR count). The van der Waals surface area contributed by atoms with E-state index in [1.54, 1.807) is 11.0 Å². The van der Waals surface area contributed by atoms with Crippen molar-refractivity contribution in [3.8, 4) is 11.3 Å². The molecule has 112 valence electrons. The summed E-state index contributed by atoms with van der Waals surface area (Å²) in [6.07, 6.45) is 1.68. The third-order valence-corrected chi connectivity index (χ3v) is 3.70. The first-order valence-electron chi connectivity index (χ1n) is 7.08. The van der Waals surface area contributed by atoms with Crippen LogP contribution in [0.15, 0.2) is 52.6 Å². The molecule has 2 aromatic rings. The van der Waals surface area contributed by atoms with E-state index in [0.717, 1.165) is 11.3 Å². The van der Waals surface area contributed by atoms with Crippen molar-refractivity contribution in [2.24, 2.45) is 0 Å². The zero-order valence-electron chi connectivity index (χ0n) is 12.4. The summed E-state index contributed by atoms with van der Waals surface area (Å²) in [5, 5.41) is 3.37. The van der Waals surface area contributed by atoms with Gasteiger partial charge in [0, 0.05) is 17.7 Å². The van der Waals surface area contributed by atoms with Gasteiger partial charge in [0.05, 0.1) is 0 Å². The Morgan fingerprint density at radius 3 is 2.55 bits per heavy atom. The molecule has 5 heteroatoms. The Bertz CT molecular complexity index is 747. The first kappa shape index (κ1) is 14.5. The lowest BCUT2D eigenvalue weighted by atomic mass is 10.2. The van der Waals surface area contributed by atoms with Gasteiger partial charge in [-0.2, -0.15) is 0 Å². The predicted molar refractivity (Wildman–Crippen MR) is 89.8 cm³/mol. The van der Waals surface area contributed by atoms with Crippen LogP contribution in [0.25, 0.3) is 17.4 Å². The molecule has 1 aromatic heterocycles. The SMILES string of the molecule is CC(C)N1C(=O)C(=Cc2ccc(-c3ccccc3)o2)NC1=S. The highest BCUT2D eigenvalue weighted by Gasteiger charge is 2.32. The van der Waals surface area contributed by atoms with Crippen molar-refractivity contribution < 1.29 is 9.21 Å². The van der Waals surface area contributed by atoms with Crippen LogP contribution in [-0.4, -0.2) is 22.0 Å². The quantitative estimate of drug-likeness (QED) is 0.697. The topological polar surface area (TPSA) is 45.5 Å². The van der Waals surface area contributed by atoms with E-state index in [1.807, 2.05) is 56.3 Å². The summed E-state index contributed by atoms with van der Waals surface area (Å²) in [4.78, 5) is 13.9. The van der Waals surface area contributed by atoms with Crippen molar-refractivity contribution in [2.45, 2.75) is 19.9 Å². The number of nitrogens with one attached hydrogen (secondary N) is 1. The van der Waals surface area contributed by atoms with Crippen molar-refractivity contribution in [1.29, 1.82) is 0 Å². The summed E-state index contributed by atoms with van der Waals surface area (Å²) in [6.45, 7) is 3.85. The Labute approximate surface area is 134 Å². The van der Waals surface area contributed by atoms with Gasteiger partial charge in [-0.15, -0.1) is 0 Å². The van der Waals surface area contributed by atoms with Gasteiger partial charge < -0.3 is 9.73 Å². The van der Waals surface area contributed by atoms with Gasteiger partial charge in [0.2, 0.25) is 0 Å². The molecule has 0 unspecified atom stereocenters. The summed E-state index contributed by atoms with van der Waals surface area (Å²) >= 11 is 5.19. The standard InChI is InChI=1S/C17H16N2O2S/c1-11(2)19-16(20)14(18-17(19)22)10-13-8-9-15(21-13)12-6-4-3-5-7-12/h3-11H,1-2H3,(H,18,22). The summed E-state index contributed by atoms with van der Waals surface area (Å²) in [5.41, 5.74) is 1.44. The van der Waals surface area contributed by atoms with Crippen LogP contribution in [0.3, 0.4) is 0 Å². The fourth-order valence-corrected chi connectivity index (χ4v) is 2.75. The van der Waals surface area contributed by atoms with Crippen LogP contribution in [0.2, 0.25) is 0 Å². The maximum atomic E-state index is 12.3. The van der Waals surface area contributed by atoms with Gasteiger partial charge in [-0.05, 0) is 38.2 Å². The molecule has 4 nitrogen and oxygen atoms in total. The van der Waals surface area contributed by atoms with Crippen molar-refractivity contribution in [3.05, 3.63) is 53.9 Å². The second kappa shape index (κ2) is 5.77. The molecule has 1 saturated heterocycles. The summed E-state index contributed by atoms with van der Waals surface area (Å²) in [5.74, 6) is 1.25. The maximum absolute atomic E-state index is 12.3. The molecule has 2 heterocycles. The largest absolute Gasteiger partial charge is 0.457 e. The Morgan fingerprint density at radius 2 is 1.91 bits per heavy atom. The molecule has 0 spiro atoms. The molecular formula is C17H16N2O2S. The first-order valence-corrected chi connectivity index (χ1v) is 7.48. The van der Waals surface area contributed by atoms with Gasteiger partial charge in [-0.1, -0.05) is 30.3 Å². The fourth-order valence-electron chi connectivity index (χ4n) is 2.35. The molecule has 1 aliphatic rings. The van der Waals surface area contributed by atoms with Crippen molar-refractivity contribution in [3.63, 3.8) is 0 Å². The van der Waals surface area contributed by atoms with Crippen molar-refractivity contribution >= 4 is 29.3 Å². The minimum atomic E-state index is -0.127. The Kier molecular flexibility index (Phi) is 3.81. The number of furan rings is 1. The number of benzene rings is 1. The van der Waals surface area contributed by atoms with E-state index in [2.05, 4.69) is 5.32 Å². The highest BCUT2D eigenvalue weighted by atomic mass is 32.1. The lowest BCUT2D eigenvalue weighted by Gasteiger charge is -2.17. The summed E-state index contributed by atoms with van der Waals surface area (Å²) in [7, 11) is 0. The lowest BCUT2D eigenvalue weighted by Crippen LogP contribution is -2.36. The van der Waals surface area contributed by atoms with E-state index in [-0.39, 0.29) is 11.9 Å². The molecule has 0 atom stereocenters. The highest BCUT2D eigenvalue weighted by molar-refractivity contribution is 7.80. The molecular weight excluding hydrogens is 296 g/mol. The molecule has 0 bridgehead atoms. The summed E-state index contributed by atoms with van der Waals surface area (Å²) < 4.78 is 5.78. The van der Waals surface area contributed by atoms with Crippen LogP contribution < -0.4 is 5.32 Å². The van der Waals surface area contributed by atoms with Crippen molar-refractivity contribution in [2.75, 3.05) is 0 Å². The Balaban J connectivity index is 1.86. The molecule has 1 amide bonds. The highest BCUT2D eigenvalue weighted by Crippen LogP contribution is 2.24. The van der Waals surface area contributed by atoms with E-state index >= 15 is 0 Å². The number of nitrogens with zero attached hydrogens (tertiary/aromatic N) is 1. The monoisotopic (exact) mass is 312 g/mol. The zero-order chi connectivity index (χ0) is 15.7.